The second kappa shape index (κ2) is 8.45. The molecule has 0 bridgehead atoms. The highest BCUT2D eigenvalue weighted by Gasteiger charge is 2.00. The predicted octanol–water partition coefficient (Wildman–Crippen LogP) is 2.75. The van der Waals surface area contributed by atoms with Gasteiger partial charge in [-0.2, -0.15) is 0 Å². The van der Waals surface area contributed by atoms with Crippen LogP contribution >= 0.6 is 0 Å². The SMILES string of the molecule is COCCOCc1cccc(NC(=O)C=C(C)C)c1. The standard InChI is InChI=1S/C15H21NO3/c1-12(2)9-15(17)16-14-6-4-5-13(10-14)11-19-8-7-18-3/h4-6,9-10H,7-8,11H2,1-3H3,(H,16,17). The van der Waals surface area contributed by atoms with E-state index in [1.807, 2.05) is 38.1 Å². The molecule has 1 N–H and O–H groups in total. The fourth-order valence-corrected chi connectivity index (χ4v) is 1.51. The predicted molar refractivity (Wildman–Crippen MR) is 76.0 cm³/mol. The molecular weight excluding hydrogens is 242 g/mol. The monoisotopic (exact) mass is 263 g/mol. The van der Waals surface area contributed by atoms with Crippen molar-refractivity contribution in [3.05, 3.63) is 41.5 Å². The van der Waals surface area contributed by atoms with Crippen LogP contribution in [-0.4, -0.2) is 26.2 Å². The van der Waals surface area contributed by atoms with Gasteiger partial charge in [0.1, 0.15) is 0 Å². The maximum Gasteiger partial charge on any atom is 0.248 e. The first-order valence-electron chi connectivity index (χ1n) is 6.23. The molecule has 0 aliphatic carbocycles. The summed E-state index contributed by atoms with van der Waals surface area (Å²) in [4.78, 5) is 11.6. The Bertz CT molecular complexity index is 437. The molecule has 4 nitrogen and oxygen atoms in total. The molecule has 104 valence electrons. The van der Waals surface area contributed by atoms with Crippen molar-refractivity contribution in [1.29, 1.82) is 0 Å². The lowest BCUT2D eigenvalue weighted by molar-refractivity contribution is -0.111. The minimum atomic E-state index is -0.113. The molecule has 1 aromatic carbocycles. The molecule has 0 fully saturated rings. The van der Waals surface area contributed by atoms with Crippen LogP contribution in [0.3, 0.4) is 0 Å². The van der Waals surface area contributed by atoms with E-state index in [1.54, 1.807) is 13.2 Å². The van der Waals surface area contributed by atoms with E-state index in [9.17, 15) is 4.79 Å². The Balaban J connectivity index is 2.52. The second-order valence-electron chi connectivity index (χ2n) is 4.46. The number of rotatable bonds is 7. The first kappa shape index (κ1) is 15.4. The zero-order valence-corrected chi connectivity index (χ0v) is 11.7. The number of allylic oxidation sites excluding steroid dienone is 1. The molecule has 1 aromatic rings. The van der Waals surface area contributed by atoms with Gasteiger partial charge >= 0.3 is 0 Å². The Morgan fingerprint density at radius 1 is 1.32 bits per heavy atom. The van der Waals surface area contributed by atoms with Gasteiger partial charge in [-0.3, -0.25) is 4.79 Å². The van der Waals surface area contributed by atoms with Crippen molar-refractivity contribution in [2.45, 2.75) is 20.5 Å². The third-order valence-electron chi connectivity index (χ3n) is 2.31. The largest absolute Gasteiger partial charge is 0.382 e. The van der Waals surface area contributed by atoms with Crippen LogP contribution < -0.4 is 5.32 Å². The summed E-state index contributed by atoms with van der Waals surface area (Å²) in [5.41, 5.74) is 2.76. The quantitative estimate of drug-likeness (QED) is 0.608. The number of benzene rings is 1. The van der Waals surface area contributed by atoms with Crippen LogP contribution in [0.2, 0.25) is 0 Å². The van der Waals surface area contributed by atoms with Crippen LogP contribution in [0.4, 0.5) is 5.69 Å². The van der Waals surface area contributed by atoms with Crippen molar-refractivity contribution in [3.8, 4) is 0 Å². The normalized spacial score (nSPS) is 10.1. The fourth-order valence-electron chi connectivity index (χ4n) is 1.51. The van der Waals surface area contributed by atoms with Gasteiger partial charge in [-0.05, 0) is 31.5 Å². The van der Waals surface area contributed by atoms with Crippen LogP contribution in [0.15, 0.2) is 35.9 Å². The molecule has 0 saturated carbocycles. The van der Waals surface area contributed by atoms with Crippen molar-refractivity contribution < 1.29 is 14.3 Å². The third-order valence-corrected chi connectivity index (χ3v) is 2.31. The number of carbonyl (C=O) groups is 1. The fraction of sp³-hybridized carbons (Fsp3) is 0.400. The van der Waals surface area contributed by atoms with E-state index in [1.165, 1.54) is 0 Å². The minimum Gasteiger partial charge on any atom is -0.382 e. The van der Waals surface area contributed by atoms with Crippen molar-refractivity contribution in [1.82, 2.24) is 0 Å². The first-order valence-corrected chi connectivity index (χ1v) is 6.23. The van der Waals surface area contributed by atoms with Gasteiger partial charge in [0.2, 0.25) is 5.91 Å². The number of ether oxygens (including phenoxy) is 2. The molecule has 0 aromatic heterocycles. The Morgan fingerprint density at radius 3 is 2.79 bits per heavy atom. The minimum absolute atomic E-state index is 0.113. The van der Waals surface area contributed by atoms with Gasteiger partial charge in [-0.1, -0.05) is 17.7 Å². The number of hydrogen-bond acceptors (Lipinski definition) is 3. The zero-order valence-electron chi connectivity index (χ0n) is 11.7. The summed E-state index contributed by atoms with van der Waals surface area (Å²) < 4.78 is 10.3. The molecule has 0 aliphatic rings. The second-order valence-corrected chi connectivity index (χ2v) is 4.46. The number of methoxy groups -OCH3 is 1. The highest BCUT2D eigenvalue weighted by atomic mass is 16.5. The zero-order chi connectivity index (χ0) is 14.1. The summed E-state index contributed by atoms with van der Waals surface area (Å²) in [6, 6.07) is 7.62. The maximum atomic E-state index is 11.6. The Hall–Kier alpha value is -1.65. The molecule has 0 radical (unpaired) electrons. The van der Waals surface area contributed by atoms with E-state index < -0.39 is 0 Å². The molecule has 0 aliphatic heterocycles. The average Bonchev–Trinajstić information content (AvgIpc) is 2.34. The number of nitrogens with one attached hydrogen (secondary N) is 1. The van der Waals surface area contributed by atoms with Crippen LogP contribution in [-0.2, 0) is 20.9 Å². The van der Waals surface area contributed by atoms with E-state index in [4.69, 9.17) is 9.47 Å². The van der Waals surface area contributed by atoms with Crippen LogP contribution in [0.5, 0.6) is 0 Å². The Kier molecular flexibility index (Phi) is 6.85. The van der Waals surface area contributed by atoms with E-state index in [2.05, 4.69) is 5.32 Å². The van der Waals surface area contributed by atoms with Gasteiger partial charge in [0.25, 0.3) is 0 Å². The van der Waals surface area contributed by atoms with Crippen molar-refractivity contribution in [2.75, 3.05) is 25.6 Å². The molecule has 0 unspecified atom stereocenters. The van der Waals surface area contributed by atoms with Gasteiger partial charge in [0, 0.05) is 18.9 Å². The lowest BCUT2D eigenvalue weighted by Gasteiger charge is -2.07. The van der Waals surface area contributed by atoms with Crippen molar-refractivity contribution in [2.24, 2.45) is 0 Å². The average molecular weight is 263 g/mol. The third kappa shape index (κ3) is 6.74. The first-order chi connectivity index (χ1) is 9.11. The molecule has 0 heterocycles. The molecule has 1 rings (SSSR count). The number of carbonyl (C=O) groups excluding carboxylic acids is 1. The molecule has 0 saturated heterocycles. The van der Waals surface area contributed by atoms with E-state index in [0.717, 1.165) is 16.8 Å². The Labute approximate surface area is 114 Å². The molecule has 0 spiro atoms. The number of hydrogen-bond donors (Lipinski definition) is 1. The molecule has 4 heteroatoms. The van der Waals surface area contributed by atoms with E-state index >= 15 is 0 Å². The number of anilines is 1. The maximum absolute atomic E-state index is 11.6. The summed E-state index contributed by atoms with van der Waals surface area (Å²) >= 11 is 0. The van der Waals surface area contributed by atoms with Gasteiger partial charge in [0.15, 0.2) is 0 Å². The Morgan fingerprint density at radius 2 is 2.11 bits per heavy atom. The smallest absolute Gasteiger partial charge is 0.248 e. The van der Waals surface area contributed by atoms with Crippen LogP contribution in [0.25, 0.3) is 0 Å². The summed E-state index contributed by atoms with van der Waals surface area (Å²) in [6.45, 7) is 5.43. The van der Waals surface area contributed by atoms with Crippen LogP contribution in [0.1, 0.15) is 19.4 Å². The van der Waals surface area contributed by atoms with Crippen molar-refractivity contribution in [3.63, 3.8) is 0 Å². The topological polar surface area (TPSA) is 47.6 Å². The lowest BCUT2D eigenvalue weighted by Crippen LogP contribution is -2.09. The molecular formula is C15H21NO3. The van der Waals surface area contributed by atoms with Crippen molar-refractivity contribution >= 4 is 11.6 Å². The molecule has 1 amide bonds. The number of amides is 1. The summed E-state index contributed by atoms with van der Waals surface area (Å²) in [6.07, 6.45) is 1.57. The molecule has 19 heavy (non-hydrogen) atoms. The highest BCUT2D eigenvalue weighted by molar-refractivity contribution is 5.99. The summed E-state index contributed by atoms with van der Waals surface area (Å²) in [5, 5.41) is 2.82. The van der Waals surface area contributed by atoms with Gasteiger partial charge < -0.3 is 14.8 Å². The van der Waals surface area contributed by atoms with E-state index in [0.29, 0.717) is 19.8 Å². The lowest BCUT2D eigenvalue weighted by atomic mass is 10.2. The van der Waals surface area contributed by atoms with Gasteiger partial charge in [-0.25, -0.2) is 0 Å². The van der Waals surface area contributed by atoms with E-state index in [-0.39, 0.29) is 5.91 Å². The molecule has 0 atom stereocenters. The summed E-state index contributed by atoms with van der Waals surface area (Å²) in [5.74, 6) is -0.113. The highest BCUT2D eigenvalue weighted by Crippen LogP contribution is 2.12. The van der Waals surface area contributed by atoms with Gasteiger partial charge in [0.05, 0.1) is 19.8 Å². The van der Waals surface area contributed by atoms with Gasteiger partial charge in [-0.15, -0.1) is 0 Å². The summed E-state index contributed by atoms with van der Waals surface area (Å²) in [7, 11) is 1.64. The van der Waals surface area contributed by atoms with Crippen LogP contribution in [0, 0.1) is 0 Å².